The van der Waals surface area contributed by atoms with Gasteiger partial charge in [-0.05, 0) is 36.6 Å². The second kappa shape index (κ2) is 6.82. The lowest BCUT2D eigenvalue weighted by molar-refractivity contribution is -0.146. The van der Waals surface area contributed by atoms with Crippen molar-refractivity contribution in [2.45, 2.75) is 35.3 Å². The van der Waals surface area contributed by atoms with E-state index in [1.807, 2.05) is 66.5 Å². The number of amides is 1. The Balaban J connectivity index is 1.67. The summed E-state index contributed by atoms with van der Waals surface area (Å²) >= 11 is 0. The fourth-order valence-corrected chi connectivity index (χ4v) is 8.62. The number of anilines is 1. The summed E-state index contributed by atoms with van der Waals surface area (Å²) < 4.78 is 5.52. The van der Waals surface area contributed by atoms with E-state index in [1.54, 1.807) is 0 Å². The van der Waals surface area contributed by atoms with Crippen molar-refractivity contribution in [1.29, 1.82) is 0 Å². The van der Waals surface area contributed by atoms with E-state index in [0.717, 1.165) is 41.8 Å². The molecule has 1 spiro atoms. The van der Waals surface area contributed by atoms with E-state index in [0.29, 0.717) is 0 Å². The highest BCUT2D eigenvalue weighted by Crippen LogP contribution is 2.86. The van der Waals surface area contributed by atoms with Gasteiger partial charge < -0.3 is 9.64 Å². The highest BCUT2D eigenvalue weighted by Gasteiger charge is 2.97. The molecular weight excluding hydrogens is 436 g/mol. The molecular formula is C30H28N2O3. The maximum absolute atomic E-state index is 14.7. The number of methoxy groups -OCH3 is 1. The van der Waals surface area contributed by atoms with Crippen molar-refractivity contribution in [1.82, 2.24) is 4.90 Å². The Morgan fingerprint density at radius 3 is 2.23 bits per heavy atom. The van der Waals surface area contributed by atoms with Crippen LogP contribution in [-0.4, -0.2) is 43.5 Å². The summed E-state index contributed by atoms with van der Waals surface area (Å²) in [5.74, 6) is -0.644. The number of hydrogen-bond donors (Lipinski definition) is 0. The number of nitrogens with zero attached hydrogens (tertiary/aromatic N) is 2. The Labute approximate surface area is 205 Å². The van der Waals surface area contributed by atoms with Crippen LogP contribution < -0.4 is 4.90 Å². The molecule has 5 heteroatoms. The van der Waals surface area contributed by atoms with Crippen LogP contribution in [0.3, 0.4) is 0 Å². The number of carbonyl (C=O) groups is 2. The maximum Gasteiger partial charge on any atom is 0.310 e. The fourth-order valence-electron chi connectivity index (χ4n) is 8.62. The van der Waals surface area contributed by atoms with Gasteiger partial charge in [-0.3, -0.25) is 14.5 Å². The van der Waals surface area contributed by atoms with Crippen LogP contribution in [0.2, 0.25) is 0 Å². The number of rotatable bonds is 3. The third-order valence-corrected chi connectivity index (χ3v) is 9.42. The number of esters is 1. The lowest BCUT2D eigenvalue weighted by Crippen LogP contribution is -2.58. The normalized spacial score (nSPS) is 34.6. The van der Waals surface area contributed by atoms with Crippen molar-refractivity contribution in [3.05, 3.63) is 102 Å². The highest BCUT2D eigenvalue weighted by atomic mass is 16.5. The highest BCUT2D eigenvalue weighted by molar-refractivity contribution is 6.12. The lowest BCUT2D eigenvalue weighted by Gasteiger charge is -2.42. The third-order valence-electron chi connectivity index (χ3n) is 9.42. The molecule has 3 heterocycles. The predicted molar refractivity (Wildman–Crippen MR) is 133 cm³/mol. The first-order valence-corrected chi connectivity index (χ1v) is 12.4. The molecule has 0 N–H and O–H groups in total. The molecule has 176 valence electrons. The van der Waals surface area contributed by atoms with Crippen LogP contribution in [0.1, 0.15) is 29.5 Å². The number of benzene rings is 3. The van der Waals surface area contributed by atoms with Crippen LogP contribution in [0.15, 0.2) is 84.9 Å². The standard InChI is InChI=1S/C30H28N2O3/c1-31-23-17-10-9-16-22(23)30(27(31)34)29(21-14-7-4-8-15-21)25(26(33)35-2)28(29,20-12-5-3-6-13-20)24-18-11-19-32(24)30/h3-10,12-17,24-25H,11,18-19H2,1-2H3/t24-,25-,28+,29-,30+/m1/s1. The van der Waals surface area contributed by atoms with Crippen molar-refractivity contribution in [2.75, 3.05) is 25.6 Å². The second-order valence-electron chi connectivity index (χ2n) is 10.3. The molecule has 7 rings (SSSR count). The average Bonchev–Trinajstić information content (AvgIpc) is 3.13. The molecule has 0 aromatic heterocycles. The summed E-state index contributed by atoms with van der Waals surface area (Å²) in [5, 5.41) is 0. The molecule has 0 radical (unpaired) electrons. The van der Waals surface area contributed by atoms with Crippen molar-refractivity contribution in [3.8, 4) is 0 Å². The maximum atomic E-state index is 14.7. The van der Waals surface area contributed by atoms with E-state index in [2.05, 4.69) is 35.2 Å². The topological polar surface area (TPSA) is 49.9 Å². The van der Waals surface area contributed by atoms with Crippen LogP contribution >= 0.6 is 0 Å². The van der Waals surface area contributed by atoms with Gasteiger partial charge in [0.25, 0.3) is 5.91 Å². The molecule has 0 unspecified atom stereocenters. The van der Waals surface area contributed by atoms with Crippen LogP contribution in [0.25, 0.3) is 0 Å². The van der Waals surface area contributed by atoms with E-state index >= 15 is 0 Å². The summed E-state index contributed by atoms with van der Waals surface area (Å²) in [6.45, 7) is 0.829. The molecule has 35 heavy (non-hydrogen) atoms. The van der Waals surface area contributed by atoms with Gasteiger partial charge in [0.15, 0.2) is 0 Å². The molecule has 5 atom stereocenters. The van der Waals surface area contributed by atoms with Gasteiger partial charge in [-0.2, -0.15) is 0 Å². The number of ether oxygens (including phenoxy) is 1. The monoisotopic (exact) mass is 464 g/mol. The summed E-state index contributed by atoms with van der Waals surface area (Å²) in [6.07, 6.45) is 1.94. The number of likely N-dealkylation sites (N-methyl/N-ethyl adjacent to an activating group) is 1. The number of para-hydroxylation sites is 1. The zero-order chi connectivity index (χ0) is 24.0. The number of carbonyl (C=O) groups excluding carboxylic acids is 2. The van der Waals surface area contributed by atoms with Gasteiger partial charge in [0, 0.05) is 29.8 Å². The Morgan fingerprint density at radius 1 is 0.914 bits per heavy atom. The number of piperidine rings is 1. The molecule has 3 fully saturated rings. The van der Waals surface area contributed by atoms with Gasteiger partial charge in [0.1, 0.15) is 5.54 Å². The van der Waals surface area contributed by atoms with Crippen molar-refractivity contribution in [3.63, 3.8) is 0 Å². The van der Waals surface area contributed by atoms with Crippen molar-refractivity contribution >= 4 is 17.6 Å². The summed E-state index contributed by atoms with van der Waals surface area (Å²) in [5.41, 5.74) is 1.77. The van der Waals surface area contributed by atoms with Gasteiger partial charge in [-0.25, -0.2) is 0 Å². The van der Waals surface area contributed by atoms with Crippen LogP contribution in [0.5, 0.6) is 0 Å². The molecule has 1 amide bonds. The minimum atomic E-state index is -0.977. The van der Waals surface area contributed by atoms with Gasteiger partial charge in [0.2, 0.25) is 0 Å². The smallest absolute Gasteiger partial charge is 0.310 e. The predicted octanol–water partition coefficient (Wildman–Crippen LogP) is 4.02. The Hall–Kier alpha value is -3.44. The molecule has 0 bridgehead atoms. The Morgan fingerprint density at radius 2 is 1.54 bits per heavy atom. The van der Waals surface area contributed by atoms with Crippen LogP contribution in [0.4, 0.5) is 5.69 Å². The van der Waals surface area contributed by atoms with Gasteiger partial charge >= 0.3 is 5.97 Å². The SMILES string of the molecule is COC(=O)[C@@H]1[C@]2(c3ccccc3)[C@H]3CCCN3[C@@]3(C(=O)N(C)c4ccccc43)[C@]12c1ccccc1. The van der Waals surface area contributed by atoms with Gasteiger partial charge in [-0.1, -0.05) is 78.9 Å². The zero-order valence-corrected chi connectivity index (χ0v) is 20.0. The largest absolute Gasteiger partial charge is 0.469 e. The van der Waals surface area contributed by atoms with E-state index < -0.39 is 22.3 Å². The molecule has 5 nitrogen and oxygen atoms in total. The number of fused-ring (bicyclic) bond motifs is 7. The van der Waals surface area contributed by atoms with E-state index in [4.69, 9.17) is 4.74 Å². The quantitative estimate of drug-likeness (QED) is 0.550. The molecule has 3 aromatic rings. The summed E-state index contributed by atoms with van der Waals surface area (Å²) in [7, 11) is 3.35. The van der Waals surface area contributed by atoms with Gasteiger partial charge in [0.05, 0.1) is 18.4 Å². The molecule has 1 saturated carbocycles. The van der Waals surface area contributed by atoms with E-state index in [1.165, 1.54) is 7.11 Å². The fraction of sp³-hybridized carbons (Fsp3) is 0.333. The second-order valence-corrected chi connectivity index (χ2v) is 10.3. The molecule has 3 aromatic carbocycles. The summed E-state index contributed by atoms with van der Waals surface area (Å²) in [4.78, 5) is 32.8. The van der Waals surface area contributed by atoms with E-state index in [9.17, 15) is 9.59 Å². The molecule has 1 aliphatic carbocycles. The van der Waals surface area contributed by atoms with Crippen LogP contribution in [-0.2, 0) is 30.7 Å². The minimum Gasteiger partial charge on any atom is -0.469 e. The lowest BCUT2D eigenvalue weighted by atomic mass is 9.67. The summed E-state index contributed by atoms with van der Waals surface area (Å²) in [6, 6.07) is 28.9. The van der Waals surface area contributed by atoms with Gasteiger partial charge in [-0.15, -0.1) is 0 Å². The first-order chi connectivity index (χ1) is 17.1. The first kappa shape index (κ1) is 20.9. The van der Waals surface area contributed by atoms with Crippen molar-refractivity contribution in [2.24, 2.45) is 5.92 Å². The molecule has 3 aliphatic heterocycles. The van der Waals surface area contributed by atoms with Crippen LogP contribution in [0, 0.1) is 5.92 Å². The minimum absolute atomic E-state index is 0.0534. The van der Waals surface area contributed by atoms with E-state index in [-0.39, 0.29) is 17.9 Å². The molecule has 2 saturated heterocycles. The van der Waals surface area contributed by atoms with Crippen molar-refractivity contribution < 1.29 is 14.3 Å². The Bertz CT molecular complexity index is 1360. The molecule has 4 aliphatic rings. The zero-order valence-electron chi connectivity index (χ0n) is 20.0. The average molecular weight is 465 g/mol. The third kappa shape index (κ3) is 2.00. The first-order valence-electron chi connectivity index (χ1n) is 12.4. The Kier molecular flexibility index (Phi) is 4.07. The number of hydrogen-bond acceptors (Lipinski definition) is 4.